The van der Waals surface area contributed by atoms with Crippen molar-refractivity contribution >= 4 is 23.5 Å². The van der Waals surface area contributed by atoms with Crippen LogP contribution in [0.3, 0.4) is 0 Å². The van der Waals surface area contributed by atoms with Gasteiger partial charge < -0.3 is 20.4 Å². The Labute approximate surface area is 127 Å². The molecule has 2 rings (SSSR count). The van der Waals surface area contributed by atoms with Crippen molar-refractivity contribution in [1.82, 2.24) is 4.90 Å². The number of carboxylic acids is 1. The minimum Gasteiger partial charge on any atom is -0.506 e. The zero-order valence-electron chi connectivity index (χ0n) is 12.2. The number of carbonyl (C=O) groups excluding carboxylic acids is 2. The largest absolute Gasteiger partial charge is 0.506 e. The summed E-state index contributed by atoms with van der Waals surface area (Å²) in [7, 11) is 0. The summed E-state index contributed by atoms with van der Waals surface area (Å²) in [5.41, 5.74) is 0.0680. The highest BCUT2D eigenvalue weighted by molar-refractivity contribution is 5.96. The zero-order valence-corrected chi connectivity index (χ0v) is 12.2. The minimum atomic E-state index is -1.13. The number of rotatable bonds is 3. The SMILES string of the molecule is CC(=O)N1CCC(C(=O)Nc2cc(C(=O)O)ccc2O)CC1. The number of piperidine rings is 1. The van der Waals surface area contributed by atoms with Crippen molar-refractivity contribution < 1.29 is 24.6 Å². The average Bonchev–Trinajstić information content (AvgIpc) is 2.49. The van der Waals surface area contributed by atoms with E-state index in [1.54, 1.807) is 4.90 Å². The van der Waals surface area contributed by atoms with Gasteiger partial charge in [-0.2, -0.15) is 0 Å². The van der Waals surface area contributed by atoms with E-state index >= 15 is 0 Å². The molecule has 0 atom stereocenters. The number of aromatic carboxylic acids is 1. The Morgan fingerprint density at radius 3 is 2.41 bits per heavy atom. The molecule has 0 bridgehead atoms. The van der Waals surface area contributed by atoms with Crippen LogP contribution >= 0.6 is 0 Å². The van der Waals surface area contributed by atoms with Gasteiger partial charge in [0, 0.05) is 25.9 Å². The quantitative estimate of drug-likeness (QED) is 0.729. The van der Waals surface area contributed by atoms with E-state index in [0.29, 0.717) is 25.9 Å². The molecule has 7 heteroatoms. The molecule has 22 heavy (non-hydrogen) atoms. The highest BCUT2D eigenvalue weighted by Crippen LogP contribution is 2.26. The number of aromatic hydroxyl groups is 1. The second-order valence-corrected chi connectivity index (χ2v) is 5.31. The highest BCUT2D eigenvalue weighted by atomic mass is 16.4. The van der Waals surface area contributed by atoms with Gasteiger partial charge in [-0.1, -0.05) is 0 Å². The number of phenols is 1. The zero-order chi connectivity index (χ0) is 16.3. The Kier molecular flexibility index (Phi) is 4.65. The molecule has 7 nitrogen and oxygen atoms in total. The molecule has 2 amide bonds. The van der Waals surface area contributed by atoms with Gasteiger partial charge in [-0.3, -0.25) is 9.59 Å². The van der Waals surface area contributed by atoms with Crippen LogP contribution in [0.25, 0.3) is 0 Å². The number of phenolic OH excluding ortho intramolecular Hbond substituents is 1. The molecule has 118 valence electrons. The van der Waals surface area contributed by atoms with Crippen LogP contribution in [0.5, 0.6) is 5.75 Å². The van der Waals surface area contributed by atoms with Gasteiger partial charge in [0.05, 0.1) is 11.3 Å². The van der Waals surface area contributed by atoms with Gasteiger partial charge >= 0.3 is 5.97 Å². The Morgan fingerprint density at radius 2 is 1.86 bits per heavy atom. The standard InChI is InChI=1S/C15H18N2O5/c1-9(18)17-6-4-10(5-7-17)14(20)16-12-8-11(15(21)22)2-3-13(12)19/h2-3,8,10,19H,4-7H2,1H3,(H,16,20)(H,21,22). The fraction of sp³-hybridized carbons (Fsp3) is 0.400. The van der Waals surface area contributed by atoms with Gasteiger partial charge in [-0.15, -0.1) is 0 Å². The number of amides is 2. The van der Waals surface area contributed by atoms with Crippen molar-refractivity contribution in [1.29, 1.82) is 0 Å². The smallest absolute Gasteiger partial charge is 0.335 e. The van der Waals surface area contributed by atoms with Crippen LogP contribution in [-0.2, 0) is 9.59 Å². The van der Waals surface area contributed by atoms with Gasteiger partial charge in [-0.05, 0) is 31.0 Å². The molecule has 1 aromatic rings. The number of anilines is 1. The van der Waals surface area contributed by atoms with E-state index < -0.39 is 5.97 Å². The number of hydrogen-bond acceptors (Lipinski definition) is 4. The maximum atomic E-state index is 12.2. The molecule has 0 radical (unpaired) electrons. The molecule has 1 fully saturated rings. The maximum Gasteiger partial charge on any atom is 0.335 e. The van der Waals surface area contributed by atoms with E-state index in [1.807, 2.05) is 0 Å². The lowest BCUT2D eigenvalue weighted by Crippen LogP contribution is -2.40. The first-order chi connectivity index (χ1) is 10.4. The van der Waals surface area contributed by atoms with Crippen molar-refractivity contribution in [2.75, 3.05) is 18.4 Å². The third-order valence-corrected chi connectivity index (χ3v) is 3.81. The monoisotopic (exact) mass is 306 g/mol. The normalized spacial score (nSPS) is 15.4. The van der Waals surface area contributed by atoms with E-state index in [4.69, 9.17) is 5.11 Å². The molecule has 0 unspecified atom stereocenters. The number of hydrogen-bond donors (Lipinski definition) is 3. The third-order valence-electron chi connectivity index (χ3n) is 3.81. The summed E-state index contributed by atoms with van der Waals surface area (Å²) < 4.78 is 0. The number of nitrogens with zero attached hydrogens (tertiary/aromatic N) is 1. The molecular formula is C15H18N2O5. The third kappa shape index (κ3) is 3.55. The van der Waals surface area contributed by atoms with Crippen molar-refractivity contribution in [2.45, 2.75) is 19.8 Å². The molecule has 3 N–H and O–H groups in total. The first-order valence-electron chi connectivity index (χ1n) is 7.01. The minimum absolute atomic E-state index is 0.00865. The second kappa shape index (κ2) is 6.46. The predicted octanol–water partition coefficient (Wildman–Crippen LogP) is 1.29. The molecule has 1 aliphatic heterocycles. The van der Waals surface area contributed by atoms with Crippen LogP contribution in [0.4, 0.5) is 5.69 Å². The van der Waals surface area contributed by atoms with E-state index in [9.17, 15) is 19.5 Å². The second-order valence-electron chi connectivity index (χ2n) is 5.31. The maximum absolute atomic E-state index is 12.2. The van der Waals surface area contributed by atoms with E-state index in [1.165, 1.54) is 25.1 Å². The molecule has 0 aliphatic carbocycles. The number of likely N-dealkylation sites (tertiary alicyclic amines) is 1. The lowest BCUT2D eigenvalue weighted by molar-refractivity contribution is -0.132. The average molecular weight is 306 g/mol. The van der Waals surface area contributed by atoms with Gasteiger partial charge in [0.2, 0.25) is 11.8 Å². The Morgan fingerprint density at radius 1 is 1.23 bits per heavy atom. The highest BCUT2D eigenvalue weighted by Gasteiger charge is 2.26. The van der Waals surface area contributed by atoms with Gasteiger partial charge in [-0.25, -0.2) is 4.79 Å². The number of benzene rings is 1. The number of carboxylic acid groups (broad SMARTS) is 1. The van der Waals surface area contributed by atoms with Crippen molar-refractivity contribution in [2.24, 2.45) is 5.92 Å². The Balaban J connectivity index is 2.02. The Hall–Kier alpha value is -2.57. The summed E-state index contributed by atoms with van der Waals surface area (Å²) in [6.45, 7) is 2.54. The molecule has 0 aromatic heterocycles. The summed E-state index contributed by atoms with van der Waals surface area (Å²) in [6.07, 6.45) is 1.09. The van der Waals surface area contributed by atoms with E-state index in [0.717, 1.165) is 0 Å². The fourth-order valence-electron chi connectivity index (χ4n) is 2.46. The van der Waals surface area contributed by atoms with Crippen molar-refractivity contribution in [3.63, 3.8) is 0 Å². The molecule has 1 saturated heterocycles. The summed E-state index contributed by atoms with van der Waals surface area (Å²) in [5.74, 6) is -1.86. The predicted molar refractivity (Wildman–Crippen MR) is 78.7 cm³/mol. The van der Waals surface area contributed by atoms with Crippen molar-refractivity contribution in [3.05, 3.63) is 23.8 Å². The number of carbonyl (C=O) groups is 3. The Bertz CT molecular complexity index is 606. The topological polar surface area (TPSA) is 107 Å². The van der Waals surface area contributed by atoms with Crippen LogP contribution < -0.4 is 5.32 Å². The first kappa shape index (κ1) is 15.8. The van der Waals surface area contributed by atoms with E-state index in [-0.39, 0.29) is 34.7 Å². The van der Waals surface area contributed by atoms with Crippen LogP contribution in [-0.4, -0.2) is 46.0 Å². The van der Waals surface area contributed by atoms with Crippen LogP contribution in [0.2, 0.25) is 0 Å². The van der Waals surface area contributed by atoms with Gasteiger partial charge in [0.15, 0.2) is 0 Å². The first-order valence-corrected chi connectivity index (χ1v) is 7.01. The molecule has 1 aliphatic rings. The summed E-state index contributed by atoms with van der Waals surface area (Å²) >= 11 is 0. The summed E-state index contributed by atoms with van der Waals surface area (Å²) in [4.78, 5) is 36.1. The van der Waals surface area contributed by atoms with Gasteiger partial charge in [0.25, 0.3) is 0 Å². The molecular weight excluding hydrogens is 288 g/mol. The van der Waals surface area contributed by atoms with Crippen LogP contribution in [0, 0.1) is 5.92 Å². The van der Waals surface area contributed by atoms with E-state index in [2.05, 4.69) is 5.32 Å². The lowest BCUT2D eigenvalue weighted by Gasteiger charge is -2.30. The summed E-state index contributed by atoms with van der Waals surface area (Å²) in [6, 6.07) is 3.72. The van der Waals surface area contributed by atoms with Crippen LogP contribution in [0.15, 0.2) is 18.2 Å². The van der Waals surface area contributed by atoms with Crippen molar-refractivity contribution in [3.8, 4) is 5.75 Å². The fourth-order valence-corrected chi connectivity index (χ4v) is 2.46. The number of nitrogens with one attached hydrogen (secondary N) is 1. The molecule has 1 aromatic carbocycles. The lowest BCUT2D eigenvalue weighted by atomic mass is 9.95. The molecule has 1 heterocycles. The summed E-state index contributed by atoms with van der Waals surface area (Å²) in [5, 5.41) is 21.2. The molecule has 0 spiro atoms. The molecule has 0 saturated carbocycles. The van der Waals surface area contributed by atoms with Crippen LogP contribution in [0.1, 0.15) is 30.1 Å². The van der Waals surface area contributed by atoms with Gasteiger partial charge in [0.1, 0.15) is 5.75 Å².